The van der Waals surface area contributed by atoms with Crippen molar-refractivity contribution in [3.63, 3.8) is 0 Å². The number of hydrogen-bond donors (Lipinski definition) is 1. The largest absolute Gasteiger partial charge is 0.492 e. The van der Waals surface area contributed by atoms with E-state index in [0.717, 1.165) is 5.69 Å². The number of aryl methyl sites for hydroxylation is 1. The van der Waals surface area contributed by atoms with E-state index < -0.39 is 0 Å². The van der Waals surface area contributed by atoms with Crippen LogP contribution in [0.15, 0.2) is 34.9 Å². The molecule has 2 aromatic rings. The first-order valence-electron chi connectivity index (χ1n) is 6.25. The van der Waals surface area contributed by atoms with Crippen LogP contribution in [-0.4, -0.2) is 17.7 Å². The molecule has 1 heterocycles. The van der Waals surface area contributed by atoms with Crippen LogP contribution in [0.3, 0.4) is 0 Å². The summed E-state index contributed by atoms with van der Waals surface area (Å²) in [5, 5.41) is 6.87. The van der Waals surface area contributed by atoms with E-state index in [0.29, 0.717) is 36.1 Å². The van der Waals surface area contributed by atoms with Crippen LogP contribution in [0.1, 0.15) is 18.5 Å². The lowest BCUT2D eigenvalue weighted by atomic mass is 10.3. The predicted octanol–water partition coefficient (Wildman–Crippen LogP) is 3.43. The highest BCUT2D eigenvalue weighted by Gasteiger charge is 2.06. The molecule has 0 unspecified atom stereocenters. The van der Waals surface area contributed by atoms with Crippen molar-refractivity contribution in [2.24, 2.45) is 0 Å². The minimum atomic E-state index is -0.135. The van der Waals surface area contributed by atoms with Gasteiger partial charge in [-0.1, -0.05) is 28.9 Å². The third kappa shape index (κ3) is 4.28. The topological polar surface area (TPSA) is 64.4 Å². The predicted molar refractivity (Wildman–Crippen MR) is 76.1 cm³/mol. The number of nitrogens with one attached hydrogen (secondary N) is 1. The molecule has 0 saturated heterocycles. The summed E-state index contributed by atoms with van der Waals surface area (Å²) < 4.78 is 10.4. The summed E-state index contributed by atoms with van der Waals surface area (Å²) in [4.78, 5) is 11.6. The second-order valence-electron chi connectivity index (χ2n) is 4.26. The number of nitrogens with zero attached hydrogens (tertiary/aromatic N) is 1. The Balaban J connectivity index is 1.68. The minimum absolute atomic E-state index is 0.135. The Bertz CT molecular complexity index is 583. The van der Waals surface area contributed by atoms with Gasteiger partial charge in [-0.25, -0.2) is 0 Å². The van der Waals surface area contributed by atoms with Gasteiger partial charge in [-0.05, 0) is 25.5 Å². The molecule has 5 nitrogen and oxygen atoms in total. The SMILES string of the molecule is Cc1cc(NC(=O)CCCOc2ccccc2Cl)on1. The number of aromatic nitrogens is 1. The number of carbonyl (C=O) groups excluding carboxylic acids is 1. The smallest absolute Gasteiger partial charge is 0.231 e. The summed E-state index contributed by atoms with van der Waals surface area (Å²) in [6.45, 7) is 2.21. The van der Waals surface area contributed by atoms with Crippen LogP contribution in [0, 0.1) is 6.92 Å². The van der Waals surface area contributed by atoms with Crippen LogP contribution >= 0.6 is 11.6 Å². The molecular formula is C14H15ClN2O3. The number of carbonyl (C=O) groups is 1. The van der Waals surface area contributed by atoms with Gasteiger partial charge in [0.25, 0.3) is 0 Å². The zero-order chi connectivity index (χ0) is 14.4. The lowest BCUT2D eigenvalue weighted by Gasteiger charge is -2.07. The Morgan fingerprint density at radius 1 is 1.45 bits per heavy atom. The van der Waals surface area contributed by atoms with Crippen LogP contribution in [0.2, 0.25) is 5.02 Å². The van der Waals surface area contributed by atoms with Crippen LogP contribution in [-0.2, 0) is 4.79 Å². The maximum atomic E-state index is 11.6. The molecule has 0 aliphatic heterocycles. The number of amides is 1. The molecule has 0 atom stereocenters. The van der Waals surface area contributed by atoms with Crippen LogP contribution in [0.5, 0.6) is 5.75 Å². The zero-order valence-corrected chi connectivity index (χ0v) is 11.8. The van der Waals surface area contributed by atoms with Gasteiger partial charge in [-0.15, -0.1) is 0 Å². The van der Waals surface area contributed by atoms with Crippen molar-refractivity contribution in [3.05, 3.63) is 41.0 Å². The van der Waals surface area contributed by atoms with E-state index in [1.165, 1.54) is 0 Å². The van der Waals surface area contributed by atoms with Gasteiger partial charge in [0.05, 0.1) is 17.3 Å². The Morgan fingerprint density at radius 2 is 2.25 bits per heavy atom. The molecule has 0 radical (unpaired) electrons. The second-order valence-corrected chi connectivity index (χ2v) is 4.67. The van der Waals surface area contributed by atoms with Crippen molar-refractivity contribution in [3.8, 4) is 5.75 Å². The van der Waals surface area contributed by atoms with E-state index in [9.17, 15) is 4.79 Å². The van der Waals surface area contributed by atoms with Gasteiger partial charge in [-0.3, -0.25) is 10.1 Å². The molecule has 1 aromatic carbocycles. The monoisotopic (exact) mass is 294 g/mol. The Morgan fingerprint density at radius 3 is 2.95 bits per heavy atom. The molecule has 106 valence electrons. The normalized spacial score (nSPS) is 10.3. The third-order valence-corrected chi connectivity index (χ3v) is 2.85. The van der Waals surface area contributed by atoms with Gasteiger partial charge < -0.3 is 9.26 Å². The maximum absolute atomic E-state index is 11.6. The average molecular weight is 295 g/mol. The molecule has 1 N–H and O–H groups in total. The van der Waals surface area contributed by atoms with Crippen molar-refractivity contribution in [1.29, 1.82) is 0 Å². The number of rotatable bonds is 6. The lowest BCUT2D eigenvalue weighted by molar-refractivity contribution is -0.116. The van der Waals surface area contributed by atoms with Crippen molar-refractivity contribution >= 4 is 23.4 Å². The summed E-state index contributed by atoms with van der Waals surface area (Å²) in [5.74, 6) is 0.851. The molecule has 6 heteroatoms. The summed E-state index contributed by atoms with van der Waals surface area (Å²) in [6.07, 6.45) is 0.925. The standard InChI is InChI=1S/C14H15ClN2O3/c1-10-9-14(20-17-10)16-13(18)7-4-8-19-12-6-3-2-5-11(12)15/h2-3,5-6,9H,4,7-8H2,1H3,(H,16,18). The Hall–Kier alpha value is -2.01. The molecule has 0 saturated carbocycles. The molecule has 20 heavy (non-hydrogen) atoms. The van der Waals surface area contributed by atoms with Gasteiger partial charge in [0.2, 0.25) is 11.8 Å². The Labute approximate surface area is 121 Å². The Kier molecular flexibility index (Phi) is 5.01. The van der Waals surface area contributed by atoms with E-state index in [2.05, 4.69) is 10.5 Å². The molecule has 2 rings (SSSR count). The average Bonchev–Trinajstić information content (AvgIpc) is 2.82. The molecule has 0 aliphatic rings. The number of halogens is 1. The van der Waals surface area contributed by atoms with Crippen LogP contribution in [0.4, 0.5) is 5.88 Å². The maximum Gasteiger partial charge on any atom is 0.231 e. The fourth-order valence-corrected chi connectivity index (χ4v) is 1.79. The van der Waals surface area contributed by atoms with Crippen molar-refractivity contribution in [2.75, 3.05) is 11.9 Å². The summed E-state index contributed by atoms with van der Waals surface area (Å²) in [5.41, 5.74) is 0.724. The molecule has 0 fully saturated rings. The molecular weight excluding hydrogens is 280 g/mol. The van der Waals surface area contributed by atoms with Crippen molar-refractivity contribution in [2.45, 2.75) is 19.8 Å². The van der Waals surface area contributed by atoms with E-state index in [-0.39, 0.29) is 5.91 Å². The fraction of sp³-hybridized carbons (Fsp3) is 0.286. The van der Waals surface area contributed by atoms with Gasteiger partial charge in [0.1, 0.15) is 5.75 Å². The first kappa shape index (κ1) is 14.4. The molecule has 1 amide bonds. The summed E-state index contributed by atoms with van der Waals surface area (Å²) in [7, 11) is 0. The van der Waals surface area contributed by atoms with Crippen molar-refractivity contribution in [1.82, 2.24) is 5.16 Å². The highest BCUT2D eigenvalue weighted by Crippen LogP contribution is 2.23. The number of benzene rings is 1. The van der Waals surface area contributed by atoms with Gasteiger partial charge in [0.15, 0.2) is 0 Å². The molecule has 0 aliphatic carbocycles. The third-order valence-electron chi connectivity index (χ3n) is 2.53. The minimum Gasteiger partial charge on any atom is -0.492 e. The number of anilines is 1. The van der Waals surface area contributed by atoms with E-state index >= 15 is 0 Å². The first-order valence-corrected chi connectivity index (χ1v) is 6.63. The number of hydrogen-bond acceptors (Lipinski definition) is 4. The molecule has 0 bridgehead atoms. The quantitative estimate of drug-likeness (QED) is 0.829. The molecule has 1 aromatic heterocycles. The highest BCUT2D eigenvalue weighted by molar-refractivity contribution is 6.32. The van der Waals surface area contributed by atoms with Crippen LogP contribution in [0.25, 0.3) is 0 Å². The van der Waals surface area contributed by atoms with Gasteiger partial charge >= 0.3 is 0 Å². The van der Waals surface area contributed by atoms with Gasteiger partial charge in [-0.2, -0.15) is 0 Å². The lowest BCUT2D eigenvalue weighted by Crippen LogP contribution is -2.12. The van der Waals surface area contributed by atoms with Crippen LogP contribution < -0.4 is 10.1 Å². The molecule has 0 spiro atoms. The second kappa shape index (κ2) is 6.96. The first-order chi connectivity index (χ1) is 9.65. The highest BCUT2D eigenvalue weighted by atomic mass is 35.5. The fourth-order valence-electron chi connectivity index (χ4n) is 1.60. The van der Waals surface area contributed by atoms with E-state index in [1.807, 2.05) is 12.1 Å². The summed E-state index contributed by atoms with van der Waals surface area (Å²) >= 11 is 5.95. The van der Waals surface area contributed by atoms with E-state index in [1.54, 1.807) is 25.1 Å². The number of ether oxygens (including phenoxy) is 1. The van der Waals surface area contributed by atoms with E-state index in [4.69, 9.17) is 20.9 Å². The zero-order valence-electron chi connectivity index (χ0n) is 11.1. The summed E-state index contributed by atoms with van der Waals surface area (Å²) in [6, 6.07) is 8.90. The number of para-hydroxylation sites is 1. The van der Waals surface area contributed by atoms with Gasteiger partial charge in [0, 0.05) is 12.5 Å². The van der Waals surface area contributed by atoms with Crippen molar-refractivity contribution < 1.29 is 14.1 Å².